The fourth-order valence-electron chi connectivity index (χ4n) is 3.62. The average Bonchev–Trinajstić information content (AvgIpc) is 3.33. The van der Waals surface area contributed by atoms with Gasteiger partial charge in [-0.3, -0.25) is 14.5 Å². The van der Waals surface area contributed by atoms with Gasteiger partial charge in [0.2, 0.25) is 5.91 Å². The average molecular weight is 472 g/mol. The van der Waals surface area contributed by atoms with Gasteiger partial charge in [0.15, 0.2) is 5.13 Å². The maximum absolute atomic E-state index is 12.4. The van der Waals surface area contributed by atoms with E-state index in [-0.39, 0.29) is 29.6 Å². The lowest BCUT2D eigenvalue weighted by Crippen LogP contribution is -2.36. The molecule has 0 atom stereocenters. The first-order chi connectivity index (χ1) is 15.5. The molecule has 32 heavy (non-hydrogen) atoms. The molecule has 1 saturated heterocycles. The Bertz CT molecular complexity index is 1310. The Labute approximate surface area is 189 Å². The number of benzene rings is 2. The second-order valence-corrected chi connectivity index (χ2v) is 10.1. The Balaban J connectivity index is 1.22. The van der Waals surface area contributed by atoms with Gasteiger partial charge in [-0.2, -0.15) is 0 Å². The number of anilines is 2. The van der Waals surface area contributed by atoms with Crippen LogP contribution in [0.2, 0.25) is 0 Å². The fourth-order valence-corrected chi connectivity index (χ4v) is 5.93. The number of fused-ring (bicyclic) bond motifs is 2. The lowest BCUT2D eigenvalue weighted by molar-refractivity contribution is -0.116. The molecule has 0 spiro atoms. The number of amides is 1. The van der Waals surface area contributed by atoms with Crippen molar-refractivity contribution < 1.29 is 17.9 Å². The van der Waals surface area contributed by atoms with Crippen molar-refractivity contribution in [3.8, 4) is 0 Å². The minimum absolute atomic E-state index is 0.132. The molecule has 5 rings (SSSR count). The van der Waals surface area contributed by atoms with Gasteiger partial charge in [-0.15, -0.1) is 0 Å². The first-order valence-corrected chi connectivity index (χ1v) is 12.5. The number of aliphatic imine (C=N–C) groups is 1. The quantitative estimate of drug-likeness (QED) is 0.590. The van der Waals surface area contributed by atoms with Crippen LogP contribution in [0.5, 0.6) is 0 Å². The smallest absolute Gasteiger partial charge is 0.263 e. The number of nitrogens with one attached hydrogen (secondary N) is 2. The summed E-state index contributed by atoms with van der Waals surface area (Å²) in [6, 6.07) is 12.3. The third-order valence-corrected chi connectivity index (χ3v) is 7.69. The zero-order valence-corrected chi connectivity index (χ0v) is 18.7. The number of amidine groups is 1. The highest BCUT2D eigenvalue weighted by Crippen LogP contribution is 2.31. The predicted octanol–water partition coefficient (Wildman–Crippen LogP) is 2.20. The summed E-state index contributed by atoms with van der Waals surface area (Å²) in [5.74, 6) is 0.0795. The molecule has 0 saturated carbocycles. The molecular weight excluding hydrogens is 450 g/mol. The summed E-state index contributed by atoms with van der Waals surface area (Å²) in [4.78, 5) is 23.8. The number of sulfonamides is 1. The van der Waals surface area contributed by atoms with Gasteiger partial charge in [0, 0.05) is 30.8 Å². The highest BCUT2D eigenvalue weighted by molar-refractivity contribution is 7.90. The molecule has 0 unspecified atom stereocenters. The molecule has 11 heteroatoms. The molecule has 9 nitrogen and oxygen atoms in total. The zero-order chi connectivity index (χ0) is 22.1. The van der Waals surface area contributed by atoms with E-state index in [0.717, 1.165) is 28.4 Å². The van der Waals surface area contributed by atoms with Crippen LogP contribution in [0.3, 0.4) is 0 Å². The highest BCUT2D eigenvalue weighted by Gasteiger charge is 2.29. The Morgan fingerprint density at radius 3 is 2.88 bits per heavy atom. The number of ether oxygens (including phenoxy) is 1. The Hall–Kier alpha value is -3.02. The number of aromatic nitrogens is 1. The van der Waals surface area contributed by atoms with Gasteiger partial charge in [-0.25, -0.2) is 13.4 Å². The summed E-state index contributed by atoms with van der Waals surface area (Å²) in [5.41, 5.74) is 2.12. The fraction of sp³-hybridized carbons (Fsp3) is 0.286. The standard InChI is InChI=1S/C21H21N5O4S2/c27-19(7-8-22-20-15-3-1-2-4-18(15)32(28,29)25-20)23-14-5-6-16-17(13-14)31-21(24-16)26-9-11-30-12-10-26/h1-6,13H,7-12H2,(H,22,25)(H,23,27). The summed E-state index contributed by atoms with van der Waals surface area (Å²) < 4.78 is 33.1. The predicted molar refractivity (Wildman–Crippen MR) is 124 cm³/mol. The minimum atomic E-state index is -3.58. The minimum Gasteiger partial charge on any atom is -0.378 e. The van der Waals surface area contributed by atoms with Gasteiger partial charge in [0.25, 0.3) is 10.0 Å². The van der Waals surface area contributed by atoms with Gasteiger partial charge < -0.3 is 15.0 Å². The van der Waals surface area contributed by atoms with Crippen molar-refractivity contribution in [1.82, 2.24) is 9.71 Å². The lowest BCUT2D eigenvalue weighted by Gasteiger charge is -2.25. The van der Waals surface area contributed by atoms with E-state index < -0.39 is 10.0 Å². The second-order valence-electron chi connectivity index (χ2n) is 7.41. The molecular formula is C21H21N5O4S2. The number of hydrogen-bond acceptors (Lipinski definition) is 8. The summed E-state index contributed by atoms with van der Waals surface area (Å²) in [6.45, 7) is 3.23. The van der Waals surface area contributed by atoms with E-state index in [4.69, 9.17) is 4.74 Å². The SMILES string of the molecule is O=C(CCN=C1NS(=O)(=O)c2ccccc21)Nc1ccc2nc(N3CCOCC3)sc2c1. The number of thiazole rings is 1. The van der Waals surface area contributed by atoms with Crippen LogP contribution in [0.1, 0.15) is 12.0 Å². The van der Waals surface area contributed by atoms with E-state index in [1.54, 1.807) is 29.5 Å². The van der Waals surface area contributed by atoms with Crippen LogP contribution in [0.15, 0.2) is 52.4 Å². The summed E-state index contributed by atoms with van der Waals surface area (Å²) in [7, 11) is -3.58. The van der Waals surface area contributed by atoms with Gasteiger partial charge in [0.05, 0.1) is 34.9 Å². The highest BCUT2D eigenvalue weighted by atomic mass is 32.2. The van der Waals surface area contributed by atoms with Crippen molar-refractivity contribution in [2.45, 2.75) is 11.3 Å². The normalized spacial score (nSPS) is 18.5. The van der Waals surface area contributed by atoms with E-state index >= 15 is 0 Å². The van der Waals surface area contributed by atoms with Crippen LogP contribution in [0.4, 0.5) is 10.8 Å². The van der Waals surface area contributed by atoms with Crippen LogP contribution >= 0.6 is 11.3 Å². The van der Waals surface area contributed by atoms with Crippen LogP contribution < -0.4 is 14.9 Å². The van der Waals surface area contributed by atoms with Crippen LogP contribution in [-0.2, 0) is 19.6 Å². The van der Waals surface area contributed by atoms with E-state index in [1.807, 2.05) is 18.2 Å². The van der Waals surface area contributed by atoms with Gasteiger partial charge in [-0.05, 0) is 30.3 Å². The Morgan fingerprint density at radius 1 is 1.22 bits per heavy atom. The lowest BCUT2D eigenvalue weighted by atomic mass is 10.2. The molecule has 3 heterocycles. The van der Waals surface area contributed by atoms with Crippen molar-refractivity contribution in [2.75, 3.05) is 43.1 Å². The van der Waals surface area contributed by atoms with Crippen molar-refractivity contribution in [3.05, 3.63) is 48.0 Å². The van der Waals surface area contributed by atoms with E-state index in [0.29, 0.717) is 24.5 Å². The van der Waals surface area contributed by atoms with E-state index in [1.165, 1.54) is 6.07 Å². The number of rotatable bonds is 5. The van der Waals surface area contributed by atoms with E-state index in [2.05, 4.69) is 24.9 Å². The summed E-state index contributed by atoms with van der Waals surface area (Å²) in [6.07, 6.45) is 0.132. The number of carbonyl (C=O) groups excluding carboxylic acids is 1. The van der Waals surface area contributed by atoms with Gasteiger partial charge in [-0.1, -0.05) is 23.5 Å². The molecule has 2 aromatic carbocycles. The van der Waals surface area contributed by atoms with Crippen molar-refractivity contribution in [3.63, 3.8) is 0 Å². The number of hydrogen-bond donors (Lipinski definition) is 2. The van der Waals surface area contributed by atoms with Crippen LogP contribution in [0, 0.1) is 0 Å². The van der Waals surface area contributed by atoms with E-state index in [9.17, 15) is 13.2 Å². The molecule has 0 bridgehead atoms. The summed E-state index contributed by atoms with van der Waals surface area (Å²) in [5, 5.41) is 3.84. The molecule has 1 fully saturated rings. The maximum Gasteiger partial charge on any atom is 0.263 e. The first kappa shape index (κ1) is 20.9. The van der Waals surface area contributed by atoms with Gasteiger partial charge >= 0.3 is 0 Å². The molecule has 3 aromatic rings. The van der Waals surface area contributed by atoms with Crippen LogP contribution in [-0.4, -0.2) is 58.0 Å². The zero-order valence-electron chi connectivity index (χ0n) is 17.1. The maximum atomic E-state index is 12.4. The molecule has 1 aromatic heterocycles. The topological polar surface area (TPSA) is 113 Å². The second kappa shape index (κ2) is 8.49. The largest absolute Gasteiger partial charge is 0.378 e. The number of carbonyl (C=O) groups is 1. The molecule has 0 radical (unpaired) electrons. The van der Waals surface area contributed by atoms with Gasteiger partial charge in [0.1, 0.15) is 5.84 Å². The molecule has 2 aliphatic heterocycles. The molecule has 0 aliphatic carbocycles. The number of morpholine rings is 1. The molecule has 1 amide bonds. The Kier molecular flexibility index (Phi) is 5.53. The monoisotopic (exact) mass is 471 g/mol. The molecule has 2 N–H and O–H groups in total. The van der Waals surface area contributed by atoms with Crippen molar-refractivity contribution in [2.24, 2.45) is 4.99 Å². The first-order valence-electron chi connectivity index (χ1n) is 10.2. The molecule has 2 aliphatic rings. The number of nitrogens with zero attached hydrogens (tertiary/aromatic N) is 3. The third-order valence-electron chi connectivity index (χ3n) is 5.21. The third kappa shape index (κ3) is 4.18. The molecule has 166 valence electrons. The summed E-state index contributed by atoms with van der Waals surface area (Å²) >= 11 is 1.59. The van der Waals surface area contributed by atoms with Crippen molar-refractivity contribution in [1.29, 1.82) is 0 Å². The van der Waals surface area contributed by atoms with Crippen molar-refractivity contribution >= 4 is 54.1 Å². The Morgan fingerprint density at radius 2 is 2.03 bits per heavy atom. The van der Waals surface area contributed by atoms with Crippen LogP contribution in [0.25, 0.3) is 10.2 Å².